The van der Waals surface area contributed by atoms with Gasteiger partial charge in [-0.3, -0.25) is 10.1 Å². The lowest BCUT2D eigenvalue weighted by molar-refractivity contribution is -0.384. The maximum absolute atomic E-state index is 10.9. The second-order valence-electron chi connectivity index (χ2n) is 5.34. The van der Waals surface area contributed by atoms with Gasteiger partial charge in [-0.2, -0.15) is 5.26 Å². The molecule has 1 saturated heterocycles. The standard InChI is InChI=1S/C14H15N7O2/c1-18-5-7-19(8-6-18)14-13(10-15)16-20(17-14)11-3-2-4-12(9-11)21(22)23/h2-4,9H,5-8H2,1H3. The molecule has 1 aromatic heterocycles. The SMILES string of the molecule is CN1CCN(c2nn(-c3cccc([N+](=O)[O-])c3)nc2C#N)CC1. The van der Waals surface area contributed by atoms with Gasteiger partial charge in [0.05, 0.1) is 10.6 Å². The van der Waals surface area contributed by atoms with Crippen LogP contribution in [0.5, 0.6) is 0 Å². The molecule has 1 fully saturated rings. The molecule has 0 unspecified atom stereocenters. The highest BCUT2D eigenvalue weighted by Crippen LogP contribution is 2.21. The molecule has 0 atom stereocenters. The van der Waals surface area contributed by atoms with Crippen molar-refractivity contribution in [3.05, 3.63) is 40.1 Å². The molecule has 2 heterocycles. The number of non-ortho nitro benzene ring substituents is 1. The average Bonchev–Trinajstić information content (AvgIpc) is 3.00. The molecule has 0 radical (unpaired) electrons. The lowest BCUT2D eigenvalue weighted by atomic mass is 10.3. The van der Waals surface area contributed by atoms with Crippen LogP contribution in [-0.2, 0) is 0 Å². The Kier molecular flexibility index (Phi) is 3.91. The van der Waals surface area contributed by atoms with E-state index in [1.807, 2.05) is 18.0 Å². The lowest BCUT2D eigenvalue weighted by Crippen LogP contribution is -2.45. The zero-order valence-corrected chi connectivity index (χ0v) is 12.6. The van der Waals surface area contributed by atoms with Gasteiger partial charge in [0.2, 0.25) is 5.69 Å². The van der Waals surface area contributed by atoms with E-state index in [0.29, 0.717) is 11.5 Å². The van der Waals surface area contributed by atoms with Crippen LogP contribution in [0, 0.1) is 21.4 Å². The van der Waals surface area contributed by atoms with E-state index in [-0.39, 0.29) is 11.4 Å². The summed E-state index contributed by atoms with van der Waals surface area (Å²) < 4.78 is 0. The van der Waals surface area contributed by atoms with Crippen molar-refractivity contribution in [1.82, 2.24) is 19.9 Å². The second-order valence-corrected chi connectivity index (χ2v) is 5.34. The molecule has 0 amide bonds. The number of nitriles is 1. The molecule has 3 rings (SSSR count). The first-order chi connectivity index (χ1) is 11.1. The minimum atomic E-state index is -0.473. The third-order valence-electron chi connectivity index (χ3n) is 3.78. The molecule has 0 spiro atoms. The molecule has 1 aliphatic heterocycles. The fourth-order valence-electron chi connectivity index (χ4n) is 2.45. The fraction of sp³-hybridized carbons (Fsp3) is 0.357. The Hall–Kier alpha value is -2.99. The Morgan fingerprint density at radius 3 is 2.65 bits per heavy atom. The minimum Gasteiger partial charge on any atom is -0.350 e. The summed E-state index contributed by atoms with van der Waals surface area (Å²) in [6.45, 7) is 3.29. The molecule has 1 aromatic carbocycles. The molecule has 0 saturated carbocycles. The number of rotatable bonds is 3. The summed E-state index contributed by atoms with van der Waals surface area (Å²) in [6.07, 6.45) is 0. The topological polar surface area (TPSA) is 104 Å². The van der Waals surface area contributed by atoms with Gasteiger partial charge in [0.1, 0.15) is 6.07 Å². The number of aromatic nitrogens is 3. The molecule has 2 aromatic rings. The number of benzene rings is 1. The van der Waals surface area contributed by atoms with Crippen molar-refractivity contribution in [1.29, 1.82) is 5.26 Å². The molecule has 0 N–H and O–H groups in total. The van der Waals surface area contributed by atoms with Gasteiger partial charge in [0, 0.05) is 38.3 Å². The quantitative estimate of drug-likeness (QED) is 0.609. The molecular formula is C14H15N7O2. The Bertz CT molecular complexity index is 772. The number of nitro groups is 1. The van der Waals surface area contributed by atoms with Crippen LogP contribution in [0.2, 0.25) is 0 Å². The summed E-state index contributed by atoms with van der Waals surface area (Å²) in [5, 5.41) is 28.7. The van der Waals surface area contributed by atoms with E-state index in [9.17, 15) is 15.4 Å². The lowest BCUT2D eigenvalue weighted by Gasteiger charge is -2.32. The molecule has 118 valence electrons. The Balaban J connectivity index is 1.95. The summed E-state index contributed by atoms with van der Waals surface area (Å²) in [7, 11) is 2.04. The second kappa shape index (κ2) is 6.02. The highest BCUT2D eigenvalue weighted by molar-refractivity contribution is 5.51. The van der Waals surface area contributed by atoms with Gasteiger partial charge in [-0.05, 0) is 13.1 Å². The largest absolute Gasteiger partial charge is 0.350 e. The number of hydrogen-bond donors (Lipinski definition) is 0. The summed E-state index contributed by atoms with van der Waals surface area (Å²) in [4.78, 5) is 15.9. The van der Waals surface area contributed by atoms with Crippen LogP contribution in [0.3, 0.4) is 0 Å². The first-order valence-electron chi connectivity index (χ1n) is 7.14. The van der Waals surface area contributed by atoms with Crippen molar-refractivity contribution in [2.75, 3.05) is 38.1 Å². The molecule has 0 aliphatic carbocycles. The van der Waals surface area contributed by atoms with Gasteiger partial charge in [-0.1, -0.05) is 6.07 Å². The highest BCUT2D eigenvalue weighted by Gasteiger charge is 2.22. The molecule has 23 heavy (non-hydrogen) atoms. The van der Waals surface area contributed by atoms with Gasteiger partial charge in [-0.25, -0.2) is 0 Å². The summed E-state index contributed by atoms with van der Waals surface area (Å²) in [5.41, 5.74) is 0.636. The number of nitrogens with zero attached hydrogens (tertiary/aromatic N) is 7. The third kappa shape index (κ3) is 2.97. The van der Waals surface area contributed by atoms with Crippen LogP contribution >= 0.6 is 0 Å². The summed E-state index contributed by atoms with van der Waals surface area (Å²) in [6, 6.07) is 8.07. The third-order valence-corrected chi connectivity index (χ3v) is 3.78. The highest BCUT2D eigenvalue weighted by atomic mass is 16.6. The van der Waals surface area contributed by atoms with Crippen LogP contribution in [-0.4, -0.2) is 58.0 Å². The first kappa shape index (κ1) is 14.9. The molecule has 0 bridgehead atoms. The van der Waals surface area contributed by atoms with Crippen LogP contribution in [0.15, 0.2) is 24.3 Å². The Morgan fingerprint density at radius 2 is 2.00 bits per heavy atom. The van der Waals surface area contributed by atoms with Crippen LogP contribution in [0.1, 0.15) is 5.69 Å². The van der Waals surface area contributed by atoms with Crippen molar-refractivity contribution in [3.63, 3.8) is 0 Å². The van der Waals surface area contributed by atoms with Crippen LogP contribution < -0.4 is 4.90 Å². The van der Waals surface area contributed by atoms with Crippen LogP contribution in [0.25, 0.3) is 5.69 Å². The van der Waals surface area contributed by atoms with Gasteiger partial charge < -0.3 is 9.80 Å². The Morgan fingerprint density at radius 1 is 1.26 bits per heavy atom. The van der Waals surface area contributed by atoms with Crippen molar-refractivity contribution in [2.45, 2.75) is 0 Å². The number of likely N-dealkylation sites (N-methyl/N-ethyl adjacent to an activating group) is 1. The van der Waals surface area contributed by atoms with E-state index in [1.54, 1.807) is 12.1 Å². The van der Waals surface area contributed by atoms with E-state index in [2.05, 4.69) is 15.1 Å². The Labute approximate surface area is 132 Å². The summed E-state index contributed by atoms with van der Waals surface area (Å²) in [5.74, 6) is 0.520. The normalized spacial score (nSPS) is 15.4. The van der Waals surface area contributed by atoms with Gasteiger partial charge in [0.25, 0.3) is 5.69 Å². The van der Waals surface area contributed by atoms with E-state index < -0.39 is 4.92 Å². The van der Waals surface area contributed by atoms with Crippen molar-refractivity contribution >= 4 is 11.5 Å². The zero-order chi connectivity index (χ0) is 16.4. The minimum absolute atomic E-state index is 0.0422. The predicted molar refractivity (Wildman–Crippen MR) is 82.4 cm³/mol. The van der Waals surface area contributed by atoms with Crippen LogP contribution in [0.4, 0.5) is 11.5 Å². The molecule has 9 nitrogen and oxygen atoms in total. The number of hydrogen-bond acceptors (Lipinski definition) is 7. The van der Waals surface area contributed by atoms with E-state index >= 15 is 0 Å². The van der Waals surface area contributed by atoms with Gasteiger partial charge in [-0.15, -0.1) is 15.0 Å². The number of nitro benzene ring substituents is 1. The van der Waals surface area contributed by atoms with Gasteiger partial charge in [0.15, 0.2) is 5.82 Å². The maximum Gasteiger partial charge on any atom is 0.271 e. The average molecular weight is 313 g/mol. The monoisotopic (exact) mass is 313 g/mol. The van der Waals surface area contributed by atoms with Crippen molar-refractivity contribution < 1.29 is 4.92 Å². The fourth-order valence-corrected chi connectivity index (χ4v) is 2.45. The van der Waals surface area contributed by atoms with E-state index in [4.69, 9.17) is 0 Å². The first-order valence-corrected chi connectivity index (χ1v) is 7.14. The molecular weight excluding hydrogens is 298 g/mol. The van der Waals surface area contributed by atoms with E-state index in [1.165, 1.54) is 16.9 Å². The smallest absolute Gasteiger partial charge is 0.271 e. The summed E-state index contributed by atoms with van der Waals surface area (Å²) >= 11 is 0. The predicted octanol–water partition coefficient (Wildman–Crippen LogP) is 0.799. The van der Waals surface area contributed by atoms with Gasteiger partial charge >= 0.3 is 0 Å². The van der Waals surface area contributed by atoms with E-state index in [0.717, 1.165) is 26.2 Å². The number of piperazine rings is 1. The maximum atomic E-state index is 10.9. The molecule has 9 heteroatoms. The van der Waals surface area contributed by atoms with Crippen molar-refractivity contribution in [3.8, 4) is 11.8 Å². The van der Waals surface area contributed by atoms with Crippen molar-refractivity contribution in [2.24, 2.45) is 0 Å². The zero-order valence-electron chi connectivity index (χ0n) is 12.6. The molecule has 1 aliphatic rings. The number of anilines is 1.